The number of carboxylic acid groups (broad SMARTS) is 1. The van der Waals surface area contributed by atoms with Gasteiger partial charge in [-0.25, -0.2) is 4.79 Å². The summed E-state index contributed by atoms with van der Waals surface area (Å²) >= 11 is 0. The molecule has 0 aromatic heterocycles. The van der Waals surface area contributed by atoms with Crippen LogP contribution in [0.5, 0.6) is 0 Å². The first kappa shape index (κ1) is 14.9. The van der Waals surface area contributed by atoms with E-state index in [4.69, 9.17) is 5.11 Å². The summed E-state index contributed by atoms with van der Waals surface area (Å²) in [5.74, 6) is -1.52. The van der Waals surface area contributed by atoms with E-state index in [0.29, 0.717) is 12.0 Å². The van der Waals surface area contributed by atoms with E-state index >= 15 is 0 Å². The molecule has 1 aromatic carbocycles. The molecule has 3 N–H and O–H groups in total. The molecule has 1 unspecified atom stereocenters. The lowest BCUT2D eigenvalue weighted by atomic mass is 10.0. The highest BCUT2D eigenvalue weighted by atomic mass is 16.4. The summed E-state index contributed by atoms with van der Waals surface area (Å²) in [5, 5.41) is 20.5. The molecule has 5 heteroatoms. The van der Waals surface area contributed by atoms with Crippen molar-refractivity contribution in [3.8, 4) is 0 Å². The Morgan fingerprint density at radius 1 is 1.32 bits per heavy atom. The lowest BCUT2D eigenvalue weighted by Crippen LogP contribution is -2.17. The molecule has 0 radical (unpaired) electrons. The molecular formula is C14H17NO4. The van der Waals surface area contributed by atoms with Gasteiger partial charge < -0.3 is 15.5 Å². The van der Waals surface area contributed by atoms with E-state index in [2.05, 4.69) is 5.32 Å². The monoisotopic (exact) mass is 263 g/mol. The number of nitrogens with one attached hydrogen (secondary N) is 1. The molecule has 0 heterocycles. The van der Waals surface area contributed by atoms with Crippen LogP contribution in [0.2, 0.25) is 0 Å². The maximum absolute atomic E-state index is 11.6. The number of benzene rings is 1. The Kier molecular flexibility index (Phi) is 5.75. The van der Waals surface area contributed by atoms with Crippen LogP contribution in [0.3, 0.4) is 0 Å². The van der Waals surface area contributed by atoms with Gasteiger partial charge in [-0.05, 0) is 24.1 Å². The lowest BCUT2D eigenvalue weighted by molar-refractivity contribution is -0.131. The largest absolute Gasteiger partial charge is 0.478 e. The van der Waals surface area contributed by atoms with Crippen LogP contribution in [0, 0.1) is 0 Å². The zero-order chi connectivity index (χ0) is 14.3. The van der Waals surface area contributed by atoms with Crippen molar-refractivity contribution in [2.45, 2.75) is 25.9 Å². The first-order valence-corrected chi connectivity index (χ1v) is 6.03. The van der Waals surface area contributed by atoms with Gasteiger partial charge in [-0.15, -0.1) is 0 Å². The first-order valence-electron chi connectivity index (χ1n) is 6.03. The van der Waals surface area contributed by atoms with Gasteiger partial charge in [0.05, 0.1) is 6.10 Å². The van der Waals surface area contributed by atoms with Crippen LogP contribution < -0.4 is 5.32 Å². The van der Waals surface area contributed by atoms with Crippen molar-refractivity contribution in [3.05, 3.63) is 47.7 Å². The Labute approximate surface area is 111 Å². The van der Waals surface area contributed by atoms with Crippen LogP contribution >= 0.6 is 0 Å². The van der Waals surface area contributed by atoms with Crippen molar-refractivity contribution in [1.82, 2.24) is 5.32 Å². The molecule has 0 aliphatic heterocycles. The van der Waals surface area contributed by atoms with E-state index in [-0.39, 0.29) is 0 Å². The molecule has 0 fully saturated rings. The zero-order valence-electron chi connectivity index (χ0n) is 10.7. The summed E-state index contributed by atoms with van der Waals surface area (Å²) in [6, 6.07) is 6.57. The van der Waals surface area contributed by atoms with E-state index < -0.39 is 18.0 Å². The fraction of sp³-hybridized carbons (Fsp3) is 0.286. The lowest BCUT2D eigenvalue weighted by Gasteiger charge is -2.09. The summed E-state index contributed by atoms with van der Waals surface area (Å²) in [5.41, 5.74) is 1.17. The van der Waals surface area contributed by atoms with Crippen LogP contribution in [0.25, 0.3) is 0 Å². The molecular weight excluding hydrogens is 246 g/mol. The number of aliphatic hydroxyl groups is 1. The van der Waals surface area contributed by atoms with Gasteiger partial charge in [-0.3, -0.25) is 4.79 Å². The molecule has 0 aliphatic rings. The molecule has 19 heavy (non-hydrogen) atoms. The van der Waals surface area contributed by atoms with Crippen LogP contribution in [0.1, 0.15) is 41.8 Å². The van der Waals surface area contributed by atoms with E-state index in [1.807, 2.05) is 6.92 Å². The van der Waals surface area contributed by atoms with Crippen molar-refractivity contribution < 1.29 is 19.8 Å². The summed E-state index contributed by atoms with van der Waals surface area (Å²) in [4.78, 5) is 21.8. The minimum atomic E-state index is -1.13. The molecule has 1 aromatic rings. The fourth-order valence-electron chi connectivity index (χ4n) is 1.57. The van der Waals surface area contributed by atoms with E-state index in [1.165, 1.54) is 0 Å². The first-order chi connectivity index (χ1) is 9.04. The molecule has 1 amide bonds. The SMILES string of the molecule is CCCC(O)c1ccc(C(=O)N/C=C/C(=O)O)cc1. The van der Waals surface area contributed by atoms with Gasteiger partial charge >= 0.3 is 5.97 Å². The number of aliphatic hydroxyl groups excluding tert-OH is 1. The second-order valence-corrected chi connectivity index (χ2v) is 4.07. The number of carbonyl (C=O) groups is 2. The molecule has 1 atom stereocenters. The summed E-state index contributed by atoms with van der Waals surface area (Å²) in [7, 11) is 0. The molecule has 0 bridgehead atoms. The number of carbonyl (C=O) groups excluding carboxylic acids is 1. The number of rotatable bonds is 6. The molecule has 0 saturated carbocycles. The van der Waals surface area contributed by atoms with Crippen molar-refractivity contribution in [1.29, 1.82) is 0 Å². The van der Waals surface area contributed by atoms with Gasteiger partial charge in [0.1, 0.15) is 0 Å². The normalized spacial score (nSPS) is 12.3. The number of hydrogen-bond donors (Lipinski definition) is 3. The third-order valence-electron chi connectivity index (χ3n) is 2.56. The van der Waals surface area contributed by atoms with Crippen molar-refractivity contribution in [2.24, 2.45) is 0 Å². The predicted molar refractivity (Wildman–Crippen MR) is 70.6 cm³/mol. The third-order valence-corrected chi connectivity index (χ3v) is 2.56. The number of hydrogen-bond acceptors (Lipinski definition) is 3. The highest BCUT2D eigenvalue weighted by Crippen LogP contribution is 2.18. The average molecular weight is 263 g/mol. The van der Waals surface area contributed by atoms with Crippen molar-refractivity contribution in [2.75, 3.05) is 0 Å². The molecule has 0 spiro atoms. The smallest absolute Gasteiger partial charge is 0.329 e. The molecule has 0 aliphatic carbocycles. The summed E-state index contributed by atoms with van der Waals surface area (Å²) in [6.07, 6.45) is 2.95. The Morgan fingerprint density at radius 2 is 1.95 bits per heavy atom. The Morgan fingerprint density at radius 3 is 2.47 bits per heavy atom. The standard InChI is InChI=1S/C14H17NO4/c1-2-3-12(16)10-4-6-11(7-5-10)14(19)15-9-8-13(17)18/h4-9,12,16H,2-3H2,1H3,(H,15,19)(H,17,18)/b9-8+. The maximum Gasteiger partial charge on any atom is 0.329 e. The molecule has 0 saturated heterocycles. The Balaban J connectivity index is 2.65. The Bertz CT molecular complexity index is 465. The summed E-state index contributed by atoms with van der Waals surface area (Å²) in [6.45, 7) is 1.99. The molecule has 5 nitrogen and oxygen atoms in total. The van der Waals surface area contributed by atoms with Crippen LogP contribution in [0.15, 0.2) is 36.5 Å². The molecule has 1 rings (SSSR count). The maximum atomic E-state index is 11.6. The average Bonchev–Trinajstić information content (AvgIpc) is 2.38. The van der Waals surface area contributed by atoms with Crippen LogP contribution in [-0.4, -0.2) is 22.1 Å². The van der Waals surface area contributed by atoms with Gasteiger partial charge in [-0.1, -0.05) is 25.5 Å². The highest BCUT2D eigenvalue weighted by molar-refractivity contribution is 5.95. The highest BCUT2D eigenvalue weighted by Gasteiger charge is 2.08. The summed E-state index contributed by atoms with van der Waals surface area (Å²) < 4.78 is 0. The second kappa shape index (κ2) is 7.33. The van der Waals surface area contributed by atoms with Gasteiger partial charge in [0, 0.05) is 17.8 Å². The number of carboxylic acids is 1. The number of aliphatic carboxylic acids is 1. The third kappa shape index (κ3) is 4.93. The van der Waals surface area contributed by atoms with Gasteiger partial charge in [-0.2, -0.15) is 0 Å². The van der Waals surface area contributed by atoms with Crippen molar-refractivity contribution >= 4 is 11.9 Å². The topological polar surface area (TPSA) is 86.6 Å². The molecule has 102 valence electrons. The fourth-order valence-corrected chi connectivity index (χ4v) is 1.57. The van der Waals surface area contributed by atoms with Gasteiger partial charge in [0.2, 0.25) is 0 Å². The van der Waals surface area contributed by atoms with Crippen LogP contribution in [-0.2, 0) is 4.79 Å². The van der Waals surface area contributed by atoms with Gasteiger partial charge in [0.25, 0.3) is 5.91 Å². The van der Waals surface area contributed by atoms with E-state index in [9.17, 15) is 14.7 Å². The minimum absolute atomic E-state index is 0.394. The quantitative estimate of drug-likeness (QED) is 0.683. The Hall–Kier alpha value is -2.14. The van der Waals surface area contributed by atoms with Crippen molar-refractivity contribution in [3.63, 3.8) is 0 Å². The number of amides is 1. The zero-order valence-corrected chi connectivity index (χ0v) is 10.7. The van der Waals surface area contributed by atoms with Crippen LogP contribution in [0.4, 0.5) is 0 Å². The van der Waals surface area contributed by atoms with Gasteiger partial charge in [0.15, 0.2) is 0 Å². The van der Waals surface area contributed by atoms with E-state index in [1.54, 1.807) is 24.3 Å². The second-order valence-electron chi connectivity index (χ2n) is 4.07. The predicted octanol–water partition coefficient (Wildman–Crippen LogP) is 1.85. The minimum Gasteiger partial charge on any atom is -0.478 e. The van der Waals surface area contributed by atoms with E-state index in [0.717, 1.165) is 24.3 Å².